The first-order valence-corrected chi connectivity index (χ1v) is 8.39. The van der Waals surface area contributed by atoms with Crippen molar-refractivity contribution in [2.45, 2.75) is 19.9 Å². The predicted octanol–water partition coefficient (Wildman–Crippen LogP) is 4.17. The van der Waals surface area contributed by atoms with E-state index in [4.69, 9.17) is 23.8 Å². The maximum atomic E-state index is 12.4. The number of hydrogen-bond donors (Lipinski definition) is 2. The van der Waals surface area contributed by atoms with Crippen LogP contribution >= 0.6 is 23.8 Å². The van der Waals surface area contributed by atoms with Gasteiger partial charge in [0.25, 0.3) is 0 Å². The molecule has 24 heavy (non-hydrogen) atoms. The van der Waals surface area contributed by atoms with Gasteiger partial charge in [-0.25, -0.2) is 0 Å². The van der Waals surface area contributed by atoms with Crippen molar-refractivity contribution in [3.63, 3.8) is 0 Å². The van der Waals surface area contributed by atoms with Crippen LogP contribution in [-0.2, 0) is 4.79 Å². The highest BCUT2D eigenvalue weighted by Crippen LogP contribution is 2.32. The molecule has 0 amide bonds. The first kappa shape index (κ1) is 16.7. The van der Waals surface area contributed by atoms with Crippen LogP contribution in [-0.4, -0.2) is 10.9 Å². The number of thiocarbonyl (C=S) groups is 1. The smallest absolute Gasteiger partial charge is 0.171 e. The lowest BCUT2D eigenvalue weighted by atomic mass is 9.90. The number of carbonyl (C=O) groups excluding carboxylic acids is 1. The largest absolute Gasteiger partial charge is 0.351 e. The zero-order valence-electron chi connectivity index (χ0n) is 13.4. The third-order valence-corrected chi connectivity index (χ3v) is 4.47. The Bertz CT molecular complexity index is 825. The van der Waals surface area contributed by atoms with E-state index < -0.39 is 0 Å². The van der Waals surface area contributed by atoms with E-state index in [1.807, 2.05) is 55.5 Å². The summed E-state index contributed by atoms with van der Waals surface area (Å²) in [6, 6.07) is 15.2. The molecular weight excluding hydrogens is 340 g/mol. The molecule has 0 bridgehead atoms. The summed E-state index contributed by atoms with van der Waals surface area (Å²) in [5.41, 5.74) is 4.46. The standard InChI is InChI=1S/C19H17ClN2OS/c1-11-3-5-13(6-4-11)17-16(12(2)23)18(22-19(24)21-17)14-7-9-15(20)10-8-14/h3-10,18H,1-2H3,(H2,21,22,24)/t18-/m1/s1. The zero-order chi connectivity index (χ0) is 17.3. The van der Waals surface area contributed by atoms with Crippen molar-refractivity contribution < 1.29 is 4.79 Å². The van der Waals surface area contributed by atoms with E-state index in [1.165, 1.54) is 0 Å². The highest BCUT2D eigenvalue weighted by molar-refractivity contribution is 7.80. The molecule has 3 nitrogen and oxygen atoms in total. The summed E-state index contributed by atoms with van der Waals surface area (Å²) in [5, 5.41) is 7.49. The average Bonchev–Trinajstić information content (AvgIpc) is 2.55. The van der Waals surface area contributed by atoms with Crippen LogP contribution in [0.4, 0.5) is 0 Å². The van der Waals surface area contributed by atoms with Gasteiger partial charge in [-0.1, -0.05) is 53.6 Å². The second-order valence-corrected chi connectivity index (χ2v) is 6.64. The van der Waals surface area contributed by atoms with E-state index in [2.05, 4.69) is 10.6 Å². The van der Waals surface area contributed by atoms with E-state index in [-0.39, 0.29) is 11.8 Å². The molecule has 0 radical (unpaired) electrons. The molecule has 0 spiro atoms. The highest BCUT2D eigenvalue weighted by atomic mass is 35.5. The van der Waals surface area contributed by atoms with Crippen molar-refractivity contribution in [1.82, 2.24) is 10.6 Å². The molecule has 2 aromatic carbocycles. The minimum absolute atomic E-state index is 0.00646. The molecule has 0 saturated carbocycles. The lowest BCUT2D eigenvalue weighted by Gasteiger charge is -2.31. The Kier molecular flexibility index (Phi) is 4.69. The molecule has 0 unspecified atom stereocenters. The Morgan fingerprint density at radius 1 is 1.08 bits per heavy atom. The fraction of sp³-hybridized carbons (Fsp3) is 0.158. The van der Waals surface area contributed by atoms with E-state index in [0.29, 0.717) is 15.7 Å². The minimum Gasteiger partial charge on any atom is -0.351 e. The monoisotopic (exact) mass is 356 g/mol. The molecule has 0 aromatic heterocycles. The Labute approximate surface area is 151 Å². The average molecular weight is 357 g/mol. The van der Waals surface area contributed by atoms with Crippen LogP contribution in [0, 0.1) is 6.92 Å². The van der Waals surface area contributed by atoms with Gasteiger partial charge in [0.15, 0.2) is 10.9 Å². The number of carbonyl (C=O) groups is 1. The molecule has 1 heterocycles. The summed E-state index contributed by atoms with van der Waals surface area (Å²) in [5.74, 6) is -0.00646. The molecule has 5 heteroatoms. The fourth-order valence-corrected chi connectivity index (χ4v) is 3.14. The van der Waals surface area contributed by atoms with E-state index in [0.717, 1.165) is 22.4 Å². The summed E-state index contributed by atoms with van der Waals surface area (Å²) in [6.45, 7) is 3.60. The molecule has 0 aliphatic carbocycles. The van der Waals surface area contributed by atoms with Gasteiger partial charge in [-0.05, 0) is 49.3 Å². The molecular formula is C19H17ClN2OS. The number of benzene rings is 2. The number of halogens is 1. The van der Waals surface area contributed by atoms with Gasteiger partial charge in [0.05, 0.1) is 11.7 Å². The number of Topliss-reactive ketones (excluding diaryl/α,β-unsaturated/α-hetero) is 1. The molecule has 2 aromatic rings. The van der Waals surface area contributed by atoms with E-state index in [9.17, 15) is 4.79 Å². The Hall–Kier alpha value is -2.17. The van der Waals surface area contributed by atoms with Crippen molar-refractivity contribution in [1.29, 1.82) is 0 Å². The summed E-state index contributed by atoms with van der Waals surface area (Å²) >= 11 is 11.3. The van der Waals surface area contributed by atoms with Crippen LogP contribution in [0.3, 0.4) is 0 Å². The van der Waals surface area contributed by atoms with Crippen LogP contribution in [0.1, 0.15) is 29.7 Å². The summed E-state index contributed by atoms with van der Waals surface area (Å²) < 4.78 is 0. The van der Waals surface area contributed by atoms with Gasteiger partial charge in [0.1, 0.15) is 0 Å². The fourth-order valence-electron chi connectivity index (χ4n) is 2.80. The number of rotatable bonds is 3. The van der Waals surface area contributed by atoms with Crippen LogP contribution < -0.4 is 10.6 Å². The first-order valence-electron chi connectivity index (χ1n) is 7.61. The predicted molar refractivity (Wildman–Crippen MR) is 102 cm³/mol. The molecule has 2 N–H and O–H groups in total. The van der Waals surface area contributed by atoms with Gasteiger partial charge in [0.2, 0.25) is 0 Å². The molecule has 0 saturated heterocycles. The molecule has 122 valence electrons. The van der Waals surface area contributed by atoms with Crippen LogP contribution in [0.2, 0.25) is 5.02 Å². The second kappa shape index (κ2) is 6.75. The van der Waals surface area contributed by atoms with Crippen molar-refractivity contribution in [3.05, 3.63) is 75.8 Å². The van der Waals surface area contributed by atoms with E-state index >= 15 is 0 Å². The summed E-state index contributed by atoms with van der Waals surface area (Å²) in [6.07, 6.45) is 0. The van der Waals surface area contributed by atoms with E-state index in [1.54, 1.807) is 6.92 Å². The van der Waals surface area contributed by atoms with Gasteiger partial charge in [0, 0.05) is 10.6 Å². The lowest BCUT2D eigenvalue weighted by molar-refractivity contribution is -0.113. The van der Waals surface area contributed by atoms with Crippen molar-refractivity contribution in [3.8, 4) is 0 Å². The minimum atomic E-state index is -0.301. The van der Waals surface area contributed by atoms with Crippen LogP contribution in [0.25, 0.3) is 5.70 Å². The van der Waals surface area contributed by atoms with Gasteiger partial charge in [-0.3, -0.25) is 4.79 Å². The number of nitrogens with one attached hydrogen (secondary N) is 2. The molecule has 1 atom stereocenters. The van der Waals surface area contributed by atoms with Crippen LogP contribution in [0.15, 0.2) is 54.1 Å². The molecule has 1 aliphatic heterocycles. The number of hydrogen-bond acceptors (Lipinski definition) is 2. The topological polar surface area (TPSA) is 41.1 Å². The van der Waals surface area contributed by atoms with Crippen LogP contribution in [0.5, 0.6) is 0 Å². The SMILES string of the molecule is CC(=O)C1=C(c2ccc(C)cc2)NC(=S)N[C@@H]1c1ccc(Cl)cc1. The van der Waals surface area contributed by atoms with Gasteiger partial charge in [-0.2, -0.15) is 0 Å². The maximum absolute atomic E-state index is 12.4. The Morgan fingerprint density at radius 3 is 2.29 bits per heavy atom. The summed E-state index contributed by atoms with van der Waals surface area (Å²) in [7, 11) is 0. The van der Waals surface area contributed by atoms with Gasteiger partial charge in [-0.15, -0.1) is 0 Å². The Balaban J connectivity index is 2.15. The van der Waals surface area contributed by atoms with Gasteiger partial charge >= 0.3 is 0 Å². The third kappa shape index (κ3) is 3.35. The highest BCUT2D eigenvalue weighted by Gasteiger charge is 2.30. The number of ketones is 1. The first-order chi connectivity index (χ1) is 11.5. The molecule has 0 fully saturated rings. The Morgan fingerprint density at radius 2 is 1.71 bits per heavy atom. The van der Waals surface area contributed by atoms with Crippen molar-refractivity contribution in [2.75, 3.05) is 0 Å². The maximum Gasteiger partial charge on any atom is 0.171 e. The lowest BCUT2D eigenvalue weighted by Crippen LogP contribution is -2.44. The molecule has 1 aliphatic rings. The normalized spacial score (nSPS) is 17.3. The quantitative estimate of drug-likeness (QED) is 0.810. The number of aryl methyl sites for hydroxylation is 1. The second-order valence-electron chi connectivity index (χ2n) is 5.79. The molecule has 3 rings (SSSR count). The summed E-state index contributed by atoms with van der Waals surface area (Å²) in [4.78, 5) is 12.4. The third-order valence-electron chi connectivity index (χ3n) is 3.99. The van der Waals surface area contributed by atoms with Crippen molar-refractivity contribution >= 4 is 40.4 Å². The van der Waals surface area contributed by atoms with Gasteiger partial charge < -0.3 is 10.6 Å². The van der Waals surface area contributed by atoms with Crippen molar-refractivity contribution in [2.24, 2.45) is 0 Å². The zero-order valence-corrected chi connectivity index (χ0v) is 15.0.